The Kier molecular flexibility index (Phi) is 3.04. The van der Waals surface area contributed by atoms with Crippen LogP contribution in [0.3, 0.4) is 0 Å². The van der Waals surface area contributed by atoms with E-state index in [1.807, 2.05) is 0 Å². The van der Waals surface area contributed by atoms with Crippen molar-refractivity contribution in [1.29, 1.82) is 0 Å². The first-order chi connectivity index (χ1) is 10.1. The van der Waals surface area contributed by atoms with E-state index in [-0.39, 0.29) is 17.5 Å². The Morgan fingerprint density at radius 3 is 2.48 bits per heavy atom. The lowest BCUT2D eigenvalue weighted by Crippen LogP contribution is -2.47. The average molecular weight is 289 g/mol. The van der Waals surface area contributed by atoms with Crippen LogP contribution in [-0.4, -0.2) is 5.60 Å². The molecule has 2 N–H and O–H groups in total. The highest BCUT2D eigenvalue weighted by atomic mass is 19.1. The van der Waals surface area contributed by atoms with E-state index in [1.54, 1.807) is 6.07 Å². The van der Waals surface area contributed by atoms with Crippen LogP contribution < -0.4 is 10.5 Å². The minimum atomic E-state index is -0.225. The molecule has 1 aromatic carbocycles. The third-order valence-electron chi connectivity index (χ3n) is 6.18. The van der Waals surface area contributed by atoms with Crippen molar-refractivity contribution in [3.05, 3.63) is 29.6 Å². The van der Waals surface area contributed by atoms with Crippen molar-refractivity contribution in [3.63, 3.8) is 0 Å². The van der Waals surface area contributed by atoms with Gasteiger partial charge in [-0.2, -0.15) is 0 Å². The van der Waals surface area contributed by atoms with Crippen LogP contribution in [0.5, 0.6) is 5.75 Å². The van der Waals surface area contributed by atoms with Gasteiger partial charge in [-0.25, -0.2) is 4.39 Å². The van der Waals surface area contributed by atoms with Gasteiger partial charge in [0.1, 0.15) is 17.2 Å². The van der Waals surface area contributed by atoms with E-state index < -0.39 is 0 Å². The molecule has 0 radical (unpaired) electrons. The maximum atomic E-state index is 13.4. The highest BCUT2D eigenvalue weighted by molar-refractivity contribution is 5.39. The van der Waals surface area contributed by atoms with Gasteiger partial charge in [-0.05, 0) is 62.1 Å². The highest BCUT2D eigenvalue weighted by Crippen LogP contribution is 2.55. The Hall–Kier alpha value is -1.09. The molecule has 1 aromatic rings. The molecule has 0 bridgehead atoms. The number of fused-ring (bicyclic) bond motifs is 1. The molecule has 2 nitrogen and oxygen atoms in total. The Balaban J connectivity index is 1.56. The summed E-state index contributed by atoms with van der Waals surface area (Å²) in [5.74, 6) is 0.579. The van der Waals surface area contributed by atoms with Crippen LogP contribution in [0.15, 0.2) is 18.2 Å². The van der Waals surface area contributed by atoms with Gasteiger partial charge in [-0.15, -0.1) is 0 Å². The topological polar surface area (TPSA) is 35.2 Å². The van der Waals surface area contributed by atoms with E-state index in [1.165, 1.54) is 50.7 Å². The lowest BCUT2D eigenvalue weighted by molar-refractivity contribution is -0.0328. The zero-order valence-electron chi connectivity index (χ0n) is 12.5. The average Bonchev–Trinajstić information content (AvgIpc) is 2.93. The zero-order chi connectivity index (χ0) is 14.5. The van der Waals surface area contributed by atoms with Crippen molar-refractivity contribution >= 4 is 0 Å². The fraction of sp³-hybridized carbons (Fsp3) is 0.667. The second kappa shape index (κ2) is 4.70. The molecule has 1 heterocycles. The first-order valence-electron chi connectivity index (χ1n) is 8.34. The standard InChI is InChI=1S/C18H24FNO/c19-13-3-4-16-14(11-13)15(20)12-18(21-16)9-7-17(8-10-18)5-1-2-6-17/h3-4,11,15H,1-2,5-10,12,20H2/t15-/m0/s1. The molecule has 3 heteroatoms. The van der Waals surface area contributed by atoms with Crippen LogP contribution >= 0.6 is 0 Å². The third-order valence-corrected chi connectivity index (χ3v) is 6.18. The maximum absolute atomic E-state index is 13.4. The summed E-state index contributed by atoms with van der Waals surface area (Å²) in [5, 5.41) is 0. The molecule has 3 aliphatic rings. The summed E-state index contributed by atoms with van der Waals surface area (Å²) in [6.07, 6.45) is 11.2. The van der Waals surface area contributed by atoms with Gasteiger partial charge in [-0.1, -0.05) is 12.8 Å². The van der Waals surface area contributed by atoms with Crippen LogP contribution in [0.2, 0.25) is 0 Å². The van der Waals surface area contributed by atoms with Crippen LogP contribution in [0, 0.1) is 11.2 Å². The normalized spacial score (nSPS) is 29.3. The van der Waals surface area contributed by atoms with E-state index in [9.17, 15) is 4.39 Å². The molecule has 0 amide bonds. The molecular weight excluding hydrogens is 265 g/mol. The van der Waals surface area contributed by atoms with Crippen LogP contribution in [0.25, 0.3) is 0 Å². The van der Waals surface area contributed by atoms with Gasteiger partial charge in [0.15, 0.2) is 0 Å². The van der Waals surface area contributed by atoms with Crippen LogP contribution in [0.4, 0.5) is 4.39 Å². The van der Waals surface area contributed by atoms with Crippen molar-refractivity contribution in [2.75, 3.05) is 0 Å². The monoisotopic (exact) mass is 289 g/mol. The molecular formula is C18H24FNO. The summed E-state index contributed by atoms with van der Waals surface area (Å²) in [6, 6.07) is 4.67. The van der Waals surface area contributed by atoms with Crippen molar-refractivity contribution in [2.45, 2.75) is 69.4 Å². The number of hydrogen-bond donors (Lipinski definition) is 1. The second-order valence-corrected chi connectivity index (χ2v) is 7.48. The predicted octanol–water partition coefficient (Wildman–Crippen LogP) is 4.48. The summed E-state index contributed by atoms with van der Waals surface area (Å²) >= 11 is 0. The fourth-order valence-electron chi connectivity index (χ4n) is 4.85. The predicted molar refractivity (Wildman–Crippen MR) is 80.7 cm³/mol. The molecule has 0 saturated heterocycles. The van der Waals surface area contributed by atoms with Crippen LogP contribution in [0.1, 0.15) is 69.4 Å². The minimum absolute atomic E-state index is 0.0953. The van der Waals surface area contributed by atoms with Gasteiger partial charge in [0, 0.05) is 18.0 Å². The number of ether oxygens (including phenoxy) is 1. The minimum Gasteiger partial charge on any atom is -0.487 e. The number of rotatable bonds is 0. The Morgan fingerprint density at radius 1 is 1.05 bits per heavy atom. The summed E-state index contributed by atoms with van der Waals surface area (Å²) in [5.41, 5.74) is 7.65. The number of hydrogen-bond acceptors (Lipinski definition) is 2. The Bertz CT molecular complexity index is 540. The fourth-order valence-corrected chi connectivity index (χ4v) is 4.85. The summed E-state index contributed by atoms with van der Waals surface area (Å²) in [7, 11) is 0. The van der Waals surface area contributed by atoms with Gasteiger partial charge >= 0.3 is 0 Å². The van der Waals surface area contributed by atoms with E-state index in [0.29, 0.717) is 5.41 Å². The molecule has 114 valence electrons. The summed E-state index contributed by atoms with van der Waals surface area (Å²) in [4.78, 5) is 0. The molecule has 2 spiro atoms. The molecule has 2 aliphatic carbocycles. The van der Waals surface area contributed by atoms with Gasteiger partial charge in [-0.3, -0.25) is 0 Å². The highest BCUT2D eigenvalue weighted by Gasteiger charge is 2.47. The number of halogens is 1. The third kappa shape index (κ3) is 2.26. The van der Waals surface area contributed by atoms with E-state index in [4.69, 9.17) is 10.5 Å². The SMILES string of the molecule is N[C@H]1CC2(CCC3(CCCC3)CC2)Oc2ccc(F)cc21. The van der Waals surface area contributed by atoms with Crippen molar-refractivity contribution < 1.29 is 9.13 Å². The first-order valence-corrected chi connectivity index (χ1v) is 8.34. The molecule has 0 aromatic heterocycles. The molecule has 2 saturated carbocycles. The maximum Gasteiger partial charge on any atom is 0.125 e. The van der Waals surface area contributed by atoms with Crippen molar-refractivity contribution in [1.82, 2.24) is 0 Å². The van der Waals surface area contributed by atoms with Gasteiger partial charge in [0.05, 0.1) is 0 Å². The number of nitrogens with two attached hydrogens (primary N) is 1. The quantitative estimate of drug-likeness (QED) is 0.764. The van der Waals surface area contributed by atoms with E-state index in [0.717, 1.165) is 30.6 Å². The first kappa shape index (κ1) is 13.6. The molecule has 1 atom stereocenters. The van der Waals surface area contributed by atoms with E-state index >= 15 is 0 Å². The second-order valence-electron chi connectivity index (χ2n) is 7.48. The van der Waals surface area contributed by atoms with Crippen molar-refractivity contribution in [2.24, 2.45) is 11.1 Å². The van der Waals surface area contributed by atoms with Gasteiger partial charge < -0.3 is 10.5 Å². The molecule has 0 unspecified atom stereocenters. The number of benzene rings is 1. The lowest BCUT2D eigenvalue weighted by atomic mass is 9.65. The Labute approximate surface area is 125 Å². The van der Waals surface area contributed by atoms with Crippen molar-refractivity contribution in [3.8, 4) is 5.75 Å². The van der Waals surface area contributed by atoms with Gasteiger partial charge in [0.25, 0.3) is 0 Å². The Morgan fingerprint density at radius 2 is 1.76 bits per heavy atom. The molecule has 21 heavy (non-hydrogen) atoms. The lowest BCUT2D eigenvalue weighted by Gasteiger charge is -2.48. The van der Waals surface area contributed by atoms with Crippen LogP contribution in [-0.2, 0) is 0 Å². The zero-order valence-corrected chi connectivity index (χ0v) is 12.5. The molecule has 2 fully saturated rings. The largest absolute Gasteiger partial charge is 0.487 e. The van der Waals surface area contributed by atoms with E-state index in [2.05, 4.69) is 0 Å². The van der Waals surface area contributed by atoms with Gasteiger partial charge in [0.2, 0.25) is 0 Å². The summed E-state index contributed by atoms with van der Waals surface area (Å²) in [6.45, 7) is 0. The smallest absolute Gasteiger partial charge is 0.125 e. The molecule has 4 rings (SSSR count). The summed E-state index contributed by atoms with van der Waals surface area (Å²) < 4.78 is 19.7. The molecule has 1 aliphatic heterocycles.